The summed E-state index contributed by atoms with van der Waals surface area (Å²) in [5.41, 5.74) is -17.9. The Labute approximate surface area is 477 Å². The minimum absolute atomic E-state index is 0.0392. The third-order valence-corrected chi connectivity index (χ3v) is 15.2. The monoisotopic (exact) mass is 1190 g/mol. The Morgan fingerprint density at radius 1 is 0.459 bits per heavy atom. The molecule has 1 saturated heterocycles. The predicted molar refractivity (Wildman–Crippen MR) is 292 cm³/mol. The van der Waals surface area contributed by atoms with Gasteiger partial charge in [-0.1, -0.05) is 36.4 Å². The van der Waals surface area contributed by atoms with Gasteiger partial charge in [0.05, 0.1) is 34.6 Å². The number of alkyl halides is 12. The van der Waals surface area contributed by atoms with Crippen molar-refractivity contribution in [3.63, 3.8) is 0 Å². The molecule has 9 rings (SSSR count). The third-order valence-electron chi connectivity index (χ3n) is 15.2. The van der Waals surface area contributed by atoms with E-state index in [1.54, 1.807) is 12.2 Å². The molecule has 438 valence electrons. The summed E-state index contributed by atoms with van der Waals surface area (Å²) in [6, 6.07) is 16.9. The van der Waals surface area contributed by atoms with Crippen molar-refractivity contribution >= 4 is 84.5 Å². The van der Waals surface area contributed by atoms with E-state index in [9.17, 15) is 24.0 Å². The summed E-state index contributed by atoms with van der Waals surface area (Å²) in [7, 11) is 4.26. The van der Waals surface area contributed by atoms with Gasteiger partial charge in [0.15, 0.2) is 0 Å². The van der Waals surface area contributed by atoms with Gasteiger partial charge in [0.25, 0.3) is 11.8 Å². The lowest BCUT2D eigenvalue weighted by atomic mass is 9.72. The molecular weight excluding hydrogens is 1150 g/mol. The quantitative estimate of drug-likeness (QED) is 0.0369. The number of allylic oxidation sites excluding steroid dienone is 2. The Kier molecular flexibility index (Phi) is 15.8. The van der Waals surface area contributed by atoms with E-state index in [0.29, 0.717) is 59.9 Å². The van der Waals surface area contributed by atoms with E-state index in [4.69, 9.17) is 23.4 Å². The van der Waals surface area contributed by atoms with Gasteiger partial charge in [-0.25, -0.2) is 4.90 Å². The Hall–Kier alpha value is -8.97. The molecule has 2 bridgehead atoms. The molecule has 4 atom stereocenters. The van der Waals surface area contributed by atoms with E-state index < -0.39 is 122 Å². The van der Waals surface area contributed by atoms with Gasteiger partial charge in [-0.15, -0.1) is 0 Å². The van der Waals surface area contributed by atoms with Crippen molar-refractivity contribution in [1.82, 2.24) is 0 Å². The van der Waals surface area contributed by atoms with Crippen LogP contribution in [0.4, 0.5) is 75.4 Å². The molecule has 1 aliphatic heterocycles. The fourth-order valence-electron chi connectivity index (χ4n) is 11.4. The molecule has 30 heteroatoms. The first-order valence-corrected chi connectivity index (χ1v) is 25.3. The second kappa shape index (κ2) is 22.2. The smallest absolute Gasteiger partial charge is 0.411 e. The number of imide groups is 1. The van der Waals surface area contributed by atoms with Crippen LogP contribution >= 0.6 is 0 Å². The van der Waals surface area contributed by atoms with Gasteiger partial charge in [0, 0.05) is 18.1 Å². The molecule has 1 heterocycles. The molecule has 85 heavy (non-hydrogen) atoms. The van der Waals surface area contributed by atoms with Crippen LogP contribution in [0.5, 0.6) is 34.5 Å². The summed E-state index contributed by atoms with van der Waals surface area (Å²) >= 11 is 0. The number of fused-ring (bicyclic) bond motifs is 5. The molecule has 6 aromatic carbocycles. The summed E-state index contributed by atoms with van der Waals surface area (Å²) in [6.07, 6.45) is -20.5. The molecule has 1 saturated carbocycles. The average Bonchev–Trinajstić information content (AvgIpc) is 1.56. The van der Waals surface area contributed by atoms with E-state index in [1.807, 2.05) is 0 Å². The van der Waals surface area contributed by atoms with Crippen LogP contribution < -0.4 is 44.2 Å². The number of amides is 5. The lowest BCUT2D eigenvalue weighted by molar-refractivity contribution is -0.290. The van der Waals surface area contributed by atoms with Gasteiger partial charge >= 0.3 is 56.9 Å². The van der Waals surface area contributed by atoms with Crippen molar-refractivity contribution in [1.29, 1.82) is 0 Å². The fourth-order valence-corrected chi connectivity index (χ4v) is 11.4. The van der Waals surface area contributed by atoms with E-state index in [2.05, 4.69) is 16.0 Å². The normalized spacial score (nSPS) is 17.7. The van der Waals surface area contributed by atoms with E-state index in [1.165, 1.54) is 48.5 Å². The molecule has 3 aliphatic rings. The van der Waals surface area contributed by atoms with Crippen LogP contribution in [0, 0.1) is 23.7 Å². The number of hydrogen-bond acceptors (Lipinski definition) is 10. The number of nitrogens with zero attached hydrogens (tertiary/aromatic N) is 1. The molecule has 2 aliphatic carbocycles. The lowest BCUT2D eigenvalue weighted by Crippen LogP contribution is -2.55. The second-order valence-electron chi connectivity index (χ2n) is 19.9. The van der Waals surface area contributed by atoms with Gasteiger partial charge in [0.2, 0.25) is 28.6 Å². The summed E-state index contributed by atoms with van der Waals surface area (Å²) in [5, 5.41) is 6.74. The fraction of sp³-hybridized carbons (Fsp3) is 0.218. The molecule has 3 N–H and O–H groups in total. The predicted octanol–water partition coefficient (Wildman–Crippen LogP) is 8.78. The number of nitrogens with one attached hydrogen (secondary N) is 3. The molecule has 0 radical (unpaired) electrons. The number of benzene rings is 6. The highest BCUT2D eigenvalue weighted by Gasteiger charge is 2.74. The van der Waals surface area contributed by atoms with Gasteiger partial charge in [-0.2, -0.15) is 52.7 Å². The van der Waals surface area contributed by atoms with E-state index in [0.717, 1.165) is 63.4 Å². The van der Waals surface area contributed by atoms with Crippen LogP contribution in [0.3, 0.4) is 0 Å². The number of hydrogen-bond donors (Lipinski definition) is 3. The molecule has 0 aromatic heterocycles. The van der Waals surface area contributed by atoms with Crippen LogP contribution in [-0.2, 0) is 25.2 Å². The minimum atomic E-state index is -6.17. The largest absolute Gasteiger partial charge is 0.566 e. The summed E-state index contributed by atoms with van der Waals surface area (Å²) in [5.74, 6) is -8.07. The van der Waals surface area contributed by atoms with Crippen molar-refractivity contribution < 1.29 is 100 Å². The summed E-state index contributed by atoms with van der Waals surface area (Å²) in [4.78, 5) is 67.2. The molecular formula is C55H42B4F12N4O10. The highest BCUT2D eigenvalue weighted by molar-refractivity contribution is 6.24. The number of carbonyl (C=O) groups excluding carboxylic acids is 5. The number of ether oxygens (including phenoxy) is 1. The van der Waals surface area contributed by atoms with Crippen LogP contribution in [0.2, 0.25) is 0 Å². The van der Waals surface area contributed by atoms with E-state index >= 15 is 52.7 Å². The van der Waals surface area contributed by atoms with Crippen LogP contribution in [-0.4, -0.2) is 86.4 Å². The zero-order valence-electron chi connectivity index (χ0n) is 44.8. The van der Waals surface area contributed by atoms with Gasteiger partial charge < -0.3 is 39.3 Å². The number of anilines is 4. The molecule has 0 spiro atoms. The maximum Gasteiger partial charge on any atom is 0.411 e. The first-order valence-electron chi connectivity index (χ1n) is 25.3. The van der Waals surface area contributed by atoms with Gasteiger partial charge in [-0.3, -0.25) is 24.0 Å². The zero-order chi connectivity index (χ0) is 61.9. The first kappa shape index (κ1) is 60.6. The highest BCUT2D eigenvalue weighted by atomic mass is 19.4. The van der Waals surface area contributed by atoms with E-state index in [-0.39, 0.29) is 57.5 Å². The molecule has 2 fully saturated rings. The Morgan fingerprint density at radius 2 is 0.776 bits per heavy atom. The van der Waals surface area contributed by atoms with Crippen LogP contribution in [0.15, 0.2) is 133 Å². The molecule has 6 aromatic rings. The van der Waals surface area contributed by atoms with Crippen molar-refractivity contribution in [2.24, 2.45) is 23.7 Å². The number of rotatable bonds is 16. The van der Waals surface area contributed by atoms with Crippen molar-refractivity contribution in [2.75, 3.05) is 20.9 Å². The Balaban J connectivity index is 0.939. The number of carbonyl (C=O) groups is 5. The highest BCUT2D eigenvalue weighted by Crippen LogP contribution is 2.61. The van der Waals surface area contributed by atoms with Crippen LogP contribution in [0.25, 0.3) is 0 Å². The summed E-state index contributed by atoms with van der Waals surface area (Å²) < 4.78 is 212. The lowest BCUT2D eigenvalue weighted by Gasteiger charge is -2.39. The van der Waals surface area contributed by atoms with Crippen LogP contribution in [0.1, 0.15) is 56.3 Å². The topological polar surface area (TPSA) is 171 Å². The number of halogens is 12. The van der Waals surface area contributed by atoms with Gasteiger partial charge in [0.1, 0.15) is 34.5 Å². The SMILES string of the molecule is BOc1ccc(C(c2ccc(OB)c(NC(=O)c3ccc(Oc4ccc(C(=O)Nc5cc(C(c6ccc(OB)c(N7C(=O)C8C9C=CC(C9)C8C7=O)c6)(C(F)(F)F)C(F)(F)F)ccc5OB)cc4)cc3)c2)(C(F)(F)F)C(F)(F)F)cc1NC(C)=O. The Bertz CT molecular complexity index is 3620. The maximum absolute atomic E-state index is 15.7. The minimum Gasteiger partial charge on any atom is -0.566 e. The second-order valence-corrected chi connectivity index (χ2v) is 19.9. The average molecular weight is 1190 g/mol. The molecule has 5 amide bonds. The van der Waals surface area contributed by atoms with Crippen molar-refractivity contribution in [3.05, 3.63) is 167 Å². The molecule has 4 unspecified atom stereocenters. The van der Waals surface area contributed by atoms with Crippen molar-refractivity contribution in [3.8, 4) is 34.5 Å². The van der Waals surface area contributed by atoms with Gasteiger partial charge in [-0.05, 0) is 138 Å². The zero-order valence-corrected chi connectivity index (χ0v) is 44.8. The standard InChI is InChI=1S/C55H42B4F12N4O10/c1-25(76)72-36-21-30(8-16-40(36)82-56)50(52(60,61)62,53(63,64)65)31-9-17-41(83-57)37(22-31)73-46(77)26-4-12-34(13-5-26)81-35-14-6-27(7-15-35)47(78)74-38-23-32(10-18-42(38)84-58)51(54(66,67)68,55(69,70)71)33-11-19-43(85-59)39(24-33)75-48(79)44-28-2-3-29(20-28)45(44)49(75)80/h2-19,21-24,28-29,44-45H,20,56-59H2,1H3,(H,72,76)(H,73,77)(H,74,78). The van der Waals surface area contributed by atoms with Crippen molar-refractivity contribution in [2.45, 2.75) is 48.9 Å². The maximum atomic E-state index is 15.7. The Morgan fingerprint density at radius 3 is 1.09 bits per heavy atom. The third kappa shape index (κ3) is 10.4. The molecule has 14 nitrogen and oxygen atoms in total. The first-order chi connectivity index (χ1) is 39.9. The summed E-state index contributed by atoms with van der Waals surface area (Å²) in [6.45, 7) is 0.981.